The summed E-state index contributed by atoms with van der Waals surface area (Å²) in [5, 5.41) is 7.81. The van der Waals surface area contributed by atoms with E-state index in [2.05, 4.69) is 10.4 Å². The van der Waals surface area contributed by atoms with Crippen LogP contribution in [-0.4, -0.2) is 27.6 Å². The van der Waals surface area contributed by atoms with Crippen molar-refractivity contribution in [3.63, 3.8) is 0 Å². The van der Waals surface area contributed by atoms with Crippen molar-refractivity contribution in [3.8, 4) is 0 Å². The summed E-state index contributed by atoms with van der Waals surface area (Å²) >= 11 is 0. The molecule has 4 atom stereocenters. The highest BCUT2D eigenvalue weighted by molar-refractivity contribution is 6.04. The Hall–Kier alpha value is -2.70. The first kappa shape index (κ1) is 17.7. The maximum absolute atomic E-state index is 12.7. The molecule has 1 aromatic heterocycles. The van der Waals surface area contributed by atoms with Gasteiger partial charge in [-0.2, -0.15) is 5.10 Å². The monoisotopic (exact) mass is 368 g/mol. The second kappa shape index (κ2) is 6.79. The van der Waals surface area contributed by atoms with Gasteiger partial charge in [-0.15, -0.1) is 0 Å². The molecule has 0 spiro atoms. The van der Waals surface area contributed by atoms with Crippen LogP contribution in [0.5, 0.6) is 0 Å². The number of benzene rings is 1. The molecule has 1 heterocycles. The number of nitrogens with two attached hydrogens (primary N) is 1. The largest absolute Gasteiger partial charge is 0.364 e. The number of hydrogen-bond acceptors (Lipinski definition) is 4. The number of amides is 2. The van der Waals surface area contributed by atoms with E-state index in [4.69, 9.17) is 5.73 Å². The maximum Gasteiger partial charge on any atom is 0.275 e. The second-order valence-corrected chi connectivity index (χ2v) is 7.92. The first-order valence-corrected chi connectivity index (χ1v) is 9.53. The third kappa shape index (κ3) is 3.22. The SMILES string of the molecule is C[C@H](NC(=O)Cn1nc(C(N)=O)c2ccccc2c1=O)[C@H]1C[C@H]2CC[C@H]1C2. The standard InChI is InChI=1S/C20H24N4O3/c1-11(16-9-12-6-7-13(16)8-12)22-17(25)10-24-20(27)15-5-3-2-4-14(15)18(23-24)19(21)26/h2-5,11-13,16H,6-10H2,1H3,(H2,21,26)(H,22,25)/t11-,12-,13-,16+/m0/s1. The zero-order chi connectivity index (χ0) is 19.1. The first-order valence-electron chi connectivity index (χ1n) is 9.53. The molecular formula is C20H24N4O3. The van der Waals surface area contributed by atoms with Gasteiger partial charge >= 0.3 is 0 Å². The molecule has 2 saturated carbocycles. The number of primary amides is 1. The Morgan fingerprint density at radius 2 is 2.00 bits per heavy atom. The lowest BCUT2D eigenvalue weighted by Gasteiger charge is -2.28. The predicted octanol–water partition coefficient (Wildman–Crippen LogP) is 1.44. The van der Waals surface area contributed by atoms with Gasteiger partial charge in [0.05, 0.1) is 5.39 Å². The van der Waals surface area contributed by atoms with E-state index in [-0.39, 0.29) is 24.2 Å². The number of fused-ring (bicyclic) bond motifs is 3. The van der Waals surface area contributed by atoms with Gasteiger partial charge in [0, 0.05) is 11.4 Å². The van der Waals surface area contributed by atoms with E-state index in [1.165, 1.54) is 25.7 Å². The van der Waals surface area contributed by atoms with Gasteiger partial charge in [0.15, 0.2) is 5.69 Å². The van der Waals surface area contributed by atoms with E-state index in [9.17, 15) is 14.4 Å². The molecule has 2 bridgehead atoms. The lowest BCUT2D eigenvalue weighted by Crippen LogP contribution is -2.43. The van der Waals surface area contributed by atoms with Crippen LogP contribution in [0.3, 0.4) is 0 Å². The summed E-state index contributed by atoms with van der Waals surface area (Å²) in [6.07, 6.45) is 5.02. The molecule has 0 unspecified atom stereocenters. The summed E-state index contributed by atoms with van der Waals surface area (Å²) < 4.78 is 1.03. The van der Waals surface area contributed by atoms with E-state index >= 15 is 0 Å². The van der Waals surface area contributed by atoms with Crippen molar-refractivity contribution in [1.29, 1.82) is 0 Å². The van der Waals surface area contributed by atoms with Gasteiger partial charge < -0.3 is 11.1 Å². The minimum Gasteiger partial charge on any atom is -0.364 e. The van der Waals surface area contributed by atoms with Gasteiger partial charge in [0.2, 0.25) is 5.91 Å². The maximum atomic E-state index is 12.7. The van der Waals surface area contributed by atoms with Crippen molar-refractivity contribution >= 4 is 22.6 Å². The van der Waals surface area contributed by atoms with Crippen LogP contribution in [-0.2, 0) is 11.3 Å². The van der Waals surface area contributed by atoms with Crippen LogP contribution < -0.4 is 16.6 Å². The zero-order valence-corrected chi connectivity index (χ0v) is 15.4. The average Bonchev–Trinajstić information content (AvgIpc) is 3.27. The average molecular weight is 368 g/mol. The highest BCUT2D eigenvalue weighted by atomic mass is 16.2. The number of nitrogens with zero attached hydrogens (tertiary/aromatic N) is 2. The summed E-state index contributed by atoms with van der Waals surface area (Å²) in [6, 6.07) is 6.73. The molecule has 4 rings (SSSR count). The van der Waals surface area contributed by atoms with E-state index in [1.807, 2.05) is 6.92 Å². The quantitative estimate of drug-likeness (QED) is 0.832. The molecule has 2 aromatic rings. The van der Waals surface area contributed by atoms with Gasteiger partial charge in [-0.25, -0.2) is 4.68 Å². The van der Waals surface area contributed by atoms with E-state index in [1.54, 1.807) is 24.3 Å². The Bertz CT molecular complexity index is 967. The normalized spacial score (nSPS) is 24.9. The fourth-order valence-corrected chi connectivity index (χ4v) is 4.97. The van der Waals surface area contributed by atoms with E-state index in [0.29, 0.717) is 22.6 Å². The molecule has 0 saturated heterocycles. The minimum atomic E-state index is -0.726. The van der Waals surface area contributed by atoms with Crippen molar-refractivity contribution in [2.45, 2.75) is 45.2 Å². The summed E-state index contributed by atoms with van der Waals surface area (Å²) in [4.78, 5) is 36.9. The zero-order valence-electron chi connectivity index (χ0n) is 15.4. The lowest BCUT2D eigenvalue weighted by atomic mass is 9.84. The van der Waals surface area contributed by atoms with Gasteiger partial charge in [0.1, 0.15) is 6.54 Å². The third-order valence-electron chi connectivity index (χ3n) is 6.22. The number of rotatable bonds is 5. The summed E-state index contributed by atoms with van der Waals surface area (Å²) in [6.45, 7) is 1.81. The Morgan fingerprint density at radius 1 is 1.26 bits per heavy atom. The molecule has 2 fully saturated rings. The third-order valence-corrected chi connectivity index (χ3v) is 6.22. The van der Waals surface area contributed by atoms with Crippen molar-refractivity contribution < 1.29 is 9.59 Å². The van der Waals surface area contributed by atoms with Gasteiger partial charge in [0.25, 0.3) is 11.5 Å². The topological polar surface area (TPSA) is 107 Å². The highest BCUT2D eigenvalue weighted by Gasteiger charge is 2.42. The number of nitrogens with one attached hydrogen (secondary N) is 1. The second-order valence-electron chi connectivity index (χ2n) is 7.92. The first-order chi connectivity index (χ1) is 12.9. The minimum absolute atomic E-state index is 0.000786. The highest BCUT2D eigenvalue weighted by Crippen LogP contribution is 2.49. The molecule has 0 radical (unpaired) electrons. The Labute approximate surface area is 156 Å². The fourth-order valence-electron chi connectivity index (χ4n) is 4.97. The van der Waals surface area contributed by atoms with Crippen molar-refractivity contribution in [2.24, 2.45) is 23.5 Å². The van der Waals surface area contributed by atoms with Crippen molar-refractivity contribution in [2.75, 3.05) is 0 Å². The van der Waals surface area contributed by atoms with E-state index < -0.39 is 11.5 Å². The fraction of sp³-hybridized carbons (Fsp3) is 0.500. The van der Waals surface area contributed by atoms with Gasteiger partial charge in [-0.3, -0.25) is 14.4 Å². The summed E-state index contributed by atoms with van der Waals surface area (Å²) in [7, 11) is 0. The molecule has 1 aromatic carbocycles. The molecule has 2 aliphatic carbocycles. The van der Waals surface area contributed by atoms with Crippen LogP contribution in [0.2, 0.25) is 0 Å². The smallest absolute Gasteiger partial charge is 0.275 e. The van der Waals surface area contributed by atoms with Crippen LogP contribution in [0.25, 0.3) is 10.8 Å². The molecular weight excluding hydrogens is 344 g/mol. The van der Waals surface area contributed by atoms with Gasteiger partial charge in [-0.05, 0) is 50.0 Å². The summed E-state index contributed by atoms with van der Waals surface area (Å²) in [5.41, 5.74) is 5.01. The van der Waals surface area contributed by atoms with Crippen LogP contribution in [0, 0.1) is 17.8 Å². The van der Waals surface area contributed by atoms with Crippen LogP contribution in [0.1, 0.15) is 43.1 Å². The Morgan fingerprint density at radius 3 is 2.63 bits per heavy atom. The molecule has 3 N–H and O–H groups in total. The van der Waals surface area contributed by atoms with E-state index in [0.717, 1.165) is 10.6 Å². The predicted molar refractivity (Wildman–Crippen MR) is 101 cm³/mol. The van der Waals surface area contributed by atoms with Gasteiger partial charge in [-0.1, -0.05) is 24.6 Å². The molecule has 7 nitrogen and oxygen atoms in total. The molecule has 27 heavy (non-hydrogen) atoms. The van der Waals surface area contributed by atoms with Crippen LogP contribution in [0.15, 0.2) is 29.1 Å². The number of aromatic nitrogens is 2. The number of carbonyl (C=O) groups excluding carboxylic acids is 2. The van der Waals surface area contributed by atoms with Crippen molar-refractivity contribution in [3.05, 3.63) is 40.3 Å². The summed E-state index contributed by atoms with van der Waals surface area (Å²) in [5.74, 6) is 1.02. The number of carbonyl (C=O) groups is 2. The van der Waals surface area contributed by atoms with Crippen LogP contribution in [0.4, 0.5) is 0 Å². The molecule has 2 aliphatic rings. The Kier molecular flexibility index (Phi) is 4.45. The van der Waals surface area contributed by atoms with Crippen molar-refractivity contribution in [1.82, 2.24) is 15.1 Å². The number of hydrogen-bond donors (Lipinski definition) is 2. The molecule has 0 aliphatic heterocycles. The molecule has 7 heteroatoms. The Balaban J connectivity index is 1.54. The molecule has 2 amide bonds. The molecule has 142 valence electrons. The lowest BCUT2D eigenvalue weighted by molar-refractivity contribution is -0.123. The van der Waals surface area contributed by atoms with Crippen LogP contribution >= 0.6 is 0 Å².